The van der Waals surface area contributed by atoms with Crippen molar-refractivity contribution in [1.29, 1.82) is 0 Å². The van der Waals surface area contributed by atoms with E-state index in [4.69, 9.17) is 14.6 Å². The van der Waals surface area contributed by atoms with Crippen LogP contribution in [0, 0.1) is 0 Å². The SMILES string of the molecule is O=C(O)C1=CC=C2C=C3CC=COC3C=C2O1. The molecule has 0 aromatic heterocycles. The van der Waals surface area contributed by atoms with Crippen LogP contribution in [0.4, 0.5) is 0 Å². The summed E-state index contributed by atoms with van der Waals surface area (Å²) >= 11 is 0. The van der Waals surface area contributed by atoms with Gasteiger partial charge in [0.25, 0.3) is 0 Å². The van der Waals surface area contributed by atoms with Gasteiger partial charge >= 0.3 is 5.97 Å². The van der Waals surface area contributed by atoms with Crippen LogP contribution >= 0.6 is 0 Å². The Labute approximate surface area is 97.8 Å². The maximum absolute atomic E-state index is 10.8. The van der Waals surface area contributed by atoms with Crippen molar-refractivity contribution in [3.05, 3.63) is 59.3 Å². The number of carbonyl (C=O) groups is 1. The van der Waals surface area contributed by atoms with E-state index in [1.54, 1.807) is 18.4 Å². The van der Waals surface area contributed by atoms with Crippen molar-refractivity contribution in [2.75, 3.05) is 0 Å². The number of hydrogen-bond donors (Lipinski definition) is 1. The van der Waals surface area contributed by atoms with E-state index in [1.165, 1.54) is 6.08 Å². The highest BCUT2D eigenvalue weighted by molar-refractivity contribution is 5.85. The largest absolute Gasteiger partial charge is 0.490 e. The zero-order valence-corrected chi connectivity index (χ0v) is 8.92. The molecule has 0 amide bonds. The molecule has 1 N–H and O–H groups in total. The van der Waals surface area contributed by atoms with E-state index < -0.39 is 5.97 Å². The second-order valence-corrected chi connectivity index (χ2v) is 3.94. The number of hydrogen-bond acceptors (Lipinski definition) is 3. The summed E-state index contributed by atoms with van der Waals surface area (Å²) in [7, 11) is 0. The summed E-state index contributed by atoms with van der Waals surface area (Å²) in [5.74, 6) is -0.586. The van der Waals surface area contributed by atoms with Gasteiger partial charge in [0.15, 0.2) is 0 Å². The number of allylic oxidation sites excluding steroid dienone is 4. The van der Waals surface area contributed by atoms with Crippen molar-refractivity contribution in [3.8, 4) is 0 Å². The van der Waals surface area contributed by atoms with Crippen molar-refractivity contribution in [2.24, 2.45) is 0 Å². The first kappa shape index (κ1) is 9.96. The lowest BCUT2D eigenvalue weighted by Gasteiger charge is -2.27. The van der Waals surface area contributed by atoms with Crippen LogP contribution in [-0.4, -0.2) is 17.2 Å². The molecule has 2 aliphatic heterocycles. The zero-order chi connectivity index (χ0) is 11.8. The number of ether oxygens (including phenoxy) is 2. The van der Waals surface area contributed by atoms with Crippen molar-refractivity contribution in [3.63, 3.8) is 0 Å². The number of carboxylic acids is 1. The van der Waals surface area contributed by atoms with Gasteiger partial charge in [-0.3, -0.25) is 0 Å². The van der Waals surface area contributed by atoms with Crippen LogP contribution in [0.1, 0.15) is 6.42 Å². The highest BCUT2D eigenvalue weighted by atomic mass is 16.5. The molecule has 3 aliphatic rings. The highest BCUT2D eigenvalue weighted by Crippen LogP contribution is 2.33. The smallest absolute Gasteiger partial charge is 0.371 e. The Bertz CT molecular complexity index is 532. The molecule has 1 unspecified atom stereocenters. The third kappa shape index (κ3) is 1.67. The molecule has 2 heterocycles. The quantitative estimate of drug-likeness (QED) is 0.748. The molecule has 86 valence electrons. The average molecular weight is 230 g/mol. The standard InChI is InChI=1S/C13H10O4/c14-13(15)10-4-3-9-6-8-2-1-5-16-11(8)7-12(9)17-10/h1,3-7,11H,2H2,(H,14,15). The van der Waals surface area contributed by atoms with Gasteiger partial charge in [-0.2, -0.15) is 0 Å². The molecule has 1 aliphatic carbocycles. The van der Waals surface area contributed by atoms with E-state index in [-0.39, 0.29) is 11.9 Å². The van der Waals surface area contributed by atoms with Crippen LogP contribution in [-0.2, 0) is 14.3 Å². The van der Waals surface area contributed by atoms with Crippen LogP contribution in [0.25, 0.3) is 0 Å². The van der Waals surface area contributed by atoms with E-state index in [2.05, 4.69) is 0 Å². The minimum Gasteiger partial charge on any atom is -0.490 e. The summed E-state index contributed by atoms with van der Waals surface area (Å²) < 4.78 is 10.7. The fourth-order valence-corrected chi connectivity index (χ4v) is 1.98. The van der Waals surface area contributed by atoms with Crippen LogP contribution in [0.5, 0.6) is 0 Å². The summed E-state index contributed by atoms with van der Waals surface area (Å²) in [6, 6.07) is 0. The predicted molar refractivity (Wildman–Crippen MR) is 59.7 cm³/mol. The average Bonchev–Trinajstić information content (AvgIpc) is 2.35. The molecule has 4 heteroatoms. The molecule has 0 aromatic carbocycles. The second-order valence-electron chi connectivity index (χ2n) is 3.94. The lowest BCUT2D eigenvalue weighted by molar-refractivity contribution is -0.135. The second kappa shape index (κ2) is 3.66. The van der Waals surface area contributed by atoms with Gasteiger partial charge in [-0.25, -0.2) is 4.79 Å². The summed E-state index contributed by atoms with van der Waals surface area (Å²) in [6.45, 7) is 0. The number of aliphatic carboxylic acids is 1. The summed E-state index contributed by atoms with van der Waals surface area (Å²) in [5.41, 5.74) is 2.04. The minimum absolute atomic E-state index is 0.0665. The van der Waals surface area contributed by atoms with Crippen LogP contribution in [0.3, 0.4) is 0 Å². The first-order valence-electron chi connectivity index (χ1n) is 5.30. The molecular weight excluding hydrogens is 220 g/mol. The summed E-state index contributed by atoms with van der Waals surface area (Å²) in [5, 5.41) is 8.85. The Balaban J connectivity index is 1.97. The molecule has 0 saturated heterocycles. The van der Waals surface area contributed by atoms with E-state index in [0.29, 0.717) is 5.76 Å². The molecule has 4 nitrogen and oxygen atoms in total. The summed E-state index contributed by atoms with van der Waals surface area (Å²) in [4.78, 5) is 10.8. The lowest BCUT2D eigenvalue weighted by Crippen LogP contribution is -2.20. The van der Waals surface area contributed by atoms with Gasteiger partial charge in [-0.15, -0.1) is 0 Å². The van der Waals surface area contributed by atoms with Gasteiger partial charge in [0.05, 0.1) is 6.26 Å². The van der Waals surface area contributed by atoms with Gasteiger partial charge < -0.3 is 14.6 Å². The van der Waals surface area contributed by atoms with Gasteiger partial charge in [0, 0.05) is 11.6 Å². The van der Waals surface area contributed by atoms with Gasteiger partial charge in [0.1, 0.15) is 11.9 Å². The van der Waals surface area contributed by atoms with Crippen molar-refractivity contribution < 1.29 is 19.4 Å². The molecule has 0 saturated carbocycles. The van der Waals surface area contributed by atoms with Crippen LogP contribution in [0.2, 0.25) is 0 Å². The van der Waals surface area contributed by atoms with Crippen molar-refractivity contribution in [1.82, 2.24) is 0 Å². The summed E-state index contributed by atoms with van der Waals surface area (Å²) in [6.07, 6.45) is 11.3. The van der Waals surface area contributed by atoms with Gasteiger partial charge in [0.2, 0.25) is 5.76 Å². The number of carboxylic acid groups (broad SMARTS) is 1. The Morgan fingerprint density at radius 3 is 3.12 bits per heavy atom. The topological polar surface area (TPSA) is 55.8 Å². The fourth-order valence-electron chi connectivity index (χ4n) is 1.98. The van der Waals surface area contributed by atoms with Gasteiger partial charge in [-0.1, -0.05) is 0 Å². The Hall–Kier alpha value is -2.23. The van der Waals surface area contributed by atoms with E-state index in [9.17, 15) is 4.79 Å². The van der Waals surface area contributed by atoms with Gasteiger partial charge in [-0.05, 0) is 36.3 Å². The molecule has 17 heavy (non-hydrogen) atoms. The molecule has 0 fully saturated rings. The Morgan fingerprint density at radius 1 is 1.41 bits per heavy atom. The Morgan fingerprint density at radius 2 is 2.29 bits per heavy atom. The zero-order valence-electron chi connectivity index (χ0n) is 8.92. The third-order valence-electron chi connectivity index (χ3n) is 2.81. The number of rotatable bonds is 1. The molecule has 3 rings (SSSR count). The predicted octanol–water partition coefficient (Wildman–Crippen LogP) is 2.04. The molecule has 0 radical (unpaired) electrons. The highest BCUT2D eigenvalue weighted by Gasteiger charge is 2.26. The van der Waals surface area contributed by atoms with Crippen molar-refractivity contribution in [2.45, 2.75) is 12.5 Å². The Kier molecular flexibility index (Phi) is 2.14. The molecule has 0 aromatic rings. The minimum atomic E-state index is -1.07. The monoisotopic (exact) mass is 230 g/mol. The van der Waals surface area contributed by atoms with Crippen LogP contribution < -0.4 is 0 Å². The van der Waals surface area contributed by atoms with E-state index in [0.717, 1.165) is 17.6 Å². The lowest BCUT2D eigenvalue weighted by atomic mass is 9.93. The maximum Gasteiger partial charge on any atom is 0.371 e. The van der Waals surface area contributed by atoms with Crippen LogP contribution in [0.15, 0.2) is 59.3 Å². The first-order valence-corrected chi connectivity index (χ1v) is 5.30. The van der Waals surface area contributed by atoms with Crippen molar-refractivity contribution >= 4 is 5.97 Å². The fraction of sp³-hybridized carbons (Fsp3) is 0.154. The third-order valence-corrected chi connectivity index (χ3v) is 2.81. The maximum atomic E-state index is 10.8. The number of fused-ring (bicyclic) bond motifs is 2. The molecule has 0 bridgehead atoms. The van der Waals surface area contributed by atoms with E-state index >= 15 is 0 Å². The molecule has 0 spiro atoms. The molecular formula is C13H10O4. The first-order chi connectivity index (χ1) is 8.24. The van der Waals surface area contributed by atoms with E-state index in [1.807, 2.05) is 12.2 Å². The normalized spacial score (nSPS) is 25.1. The molecule has 1 atom stereocenters.